The highest BCUT2D eigenvalue weighted by Crippen LogP contribution is 2.72. The first-order chi connectivity index (χ1) is 11.2. The average Bonchev–Trinajstić information content (AvgIpc) is 3.10. The summed E-state index contributed by atoms with van der Waals surface area (Å²) in [5, 5.41) is 9.95. The predicted octanol–water partition coefficient (Wildman–Crippen LogP) is 3.70. The van der Waals surface area contributed by atoms with Crippen molar-refractivity contribution in [1.29, 1.82) is 0 Å². The van der Waals surface area contributed by atoms with E-state index in [-0.39, 0.29) is 11.8 Å². The Morgan fingerprint density at radius 3 is 2.61 bits per heavy atom. The summed E-state index contributed by atoms with van der Waals surface area (Å²) in [5.41, 5.74) is 2.19. The number of carboxylic acids is 1. The van der Waals surface area contributed by atoms with E-state index in [2.05, 4.69) is 4.98 Å². The van der Waals surface area contributed by atoms with Crippen LogP contribution in [0.4, 0.5) is 0 Å². The van der Waals surface area contributed by atoms with Gasteiger partial charge in [-0.2, -0.15) is 0 Å². The molecule has 1 aliphatic carbocycles. The van der Waals surface area contributed by atoms with Crippen LogP contribution in [0.1, 0.15) is 36.4 Å². The minimum absolute atomic E-state index is 0.00805. The third-order valence-electron chi connectivity index (χ3n) is 5.24. The molecule has 1 fully saturated rings. The molecule has 1 saturated carbocycles. The van der Waals surface area contributed by atoms with Gasteiger partial charge in [0.25, 0.3) is 0 Å². The van der Waals surface area contributed by atoms with Gasteiger partial charge in [-0.25, -0.2) is 4.98 Å². The molecular formula is C19H18N2O2. The molecule has 4 rings (SSSR count). The Balaban J connectivity index is 1.87. The molecule has 3 unspecified atom stereocenters. The van der Waals surface area contributed by atoms with E-state index >= 15 is 0 Å². The largest absolute Gasteiger partial charge is 0.481 e. The lowest BCUT2D eigenvalue weighted by molar-refractivity contribution is -0.143. The Morgan fingerprint density at radius 2 is 1.91 bits per heavy atom. The summed E-state index contributed by atoms with van der Waals surface area (Å²) in [6.07, 6.45) is 4.39. The van der Waals surface area contributed by atoms with Crippen molar-refractivity contribution in [2.75, 3.05) is 0 Å². The molecule has 0 amide bonds. The SMILES string of the molecule is CCC1(C(=O)O)C(c2ccccc2)C1c1cnc2ccccn12. The molecule has 2 aromatic heterocycles. The highest BCUT2D eigenvalue weighted by molar-refractivity contribution is 5.83. The van der Waals surface area contributed by atoms with Gasteiger partial charge in [0.05, 0.1) is 5.41 Å². The summed E-state index contributed by atoms with van der Waals surface area (Å²) in [6.45, 7) is 1.97. The molecule has 116 valence electrons. The summed E-state index contributed by atoms with van der Waals surface area (Å²) in [4.78, 5) is 16.5. The molecule has 0 radical (unpaired) electrons. The van der Waals surface area contributed by atoms with E-state index in [1.807, 2.05) is 72.2 Å². The van der Waals surface area contributed by atoms with Gasteiger partial charge in [-0.05, 0) is 24.1 Å². The second-order valence-corrected chi connectivity index (χ2v) is 6.18. The van der Waals surface area contributed by atoms with Crippen molar-refractivity contribution in [1.82, 2.24) is 9.38 Å². The van der Waals surface area contributed by atoms with E-state index in [0.717, 1.165) is 16.9 Å². The van der Waals surface area contributed by atoms with Crippen LogP contribution in [0.25, 0.3) is 5.65 Å². The predicted molar refractivity (Wildman–Crippen MR) is 87.5 cm³/mol. The summed E-state index contributed by atoms with van der Waals surface area (Å²) in [6, 6.07) is 15.8. The molecule has 1 N–H and O–H groups in total. The van der Waals surface area contributed by atoms with Gasteiger partial charge >= 0.3 is 5.97 Å². The third-order valence-corrected chi connectivity index (χ3v) is 5.24. The number of hydrogen-bond acceptors (Lipinski definition) is 2. The number of aliphatic carboxylic acids is 1. The summed E-state index contributed by atoms with van der Waals surface area (Å²) in [5.74, 6) is -0.777. The van der Waals surface area contributed by atoms with E-state index in [1.165, 1.54) is 0 Å². The van der Waals surface area contributed by atoms with Crippen LogP contribution in [0, 0.1) is 5.41 Å². The van der Waals surface area contributed by atoms with Crippen LogP contribution in [0.5, 0.6) is 0 Å². The smallest absolute Gasteiger partial charge is 0.310 e. The maximum Gasteiger partial charge on any atom is 0.310 e. The van der Waals surface area contributed by atoms with Gasteiger partial charge in [0.15, 0.2) is 0 Å². The van der Waals surface area contributed by atoms with E-state index in [0.29, 0.717) is 6.42 Å². The number of imidazole rings is 1. The van der Waals surface area contributed by atoms with Crippen molar-refractivity contribution in [3.05, 3.63) is 72.2 Å². The van der Waals surface area contributed by atoms with Crippen molar-refractivity contribution >= 4 is 11.6 Å². The molecule has 0 saturated heterocycles. The zero-order chi connectivity index (χ0) is 16.0. The van der Waals surface area contributed by atoms with Crippen LogP contribution in [0.3, 0.4) is 0 Å². The molecule has 23 heavy (non-hydrogen) atoms. The Bertz CT molecular complexity index is 871. The standard InChI is InChI=1S/C19H18N2O2/c1-2-19(18(22)23)16(13-8-4-3-5-9-13)17(19)14-12-20-15-10-6-7-11-21(14)15/h3-12,16-17H,2H2,1H3,(H,22,23). The van der Waals surface area contributed by atoms with Gasteiger partial charge < -0.3 is 9.51 Å². The molecule has 0 bridgehead atoms. The zero-order valence-corrected chi connectivity index (χ0v) is 12.9. The Hall–Kier alpha value is -2.62. The second-order valence-electron chi connectivity index (χ2n) is 6.18. The van der Waals surface area contributed by atoms with Crippen molar-refractivity contribution in [2.24, 2.45) is 5.41 Å². The molecule has 3 aromatic rings. The molecule has 1 aromatic carbocycles. The number of aromatic nitrogens is 2. The number of benzene rings is 1. The van der Waals surface area contributed by atoms with Crippen LogP contribution in [-0.2, 0) is 4.79 Å². The Kier molecular flexibility index (Phi) is 3.01. The van der Waals surface area contributed by atoms with Gasteiger partial charge in [0, 0.05) is 29.9 Å². The van der Waals surface area contributed by atoms with Crippen LogP contribution in [-0.4, -0.2) is 20.5 Å². The van der Waals surface area contributed by atoms with E-state index in [1.54, 1.807) is 0 Å². The summed E-state index contributed by atoms with van der Waals surface area (Å²) >= 11 is 0. The average molecular weight is 306 g/mol. The first-order valence-corrected chi connectivity index (χ1v) is 7.90. The molecule has 0 spiro atoms. The number of fused-ring (bicyclic) bond motifs is 1. The van der Waals surface area contributed by atoms with Gasteiger partial charge in [-0.15, -0.1) is 0 Å². The van der Waals surface area contributed by atoms with Crippen LogP contribution in [0.15, 0.2) is 60.9 Å². The quantitative estimate of drug-likeness (QED) is 0.799. The highest BCUT2D eigenvalue weighted by Gasteiger charge is 2.70. The lowest BCUT2D eigenvalue weighted by Crippen LogP contribution is -2.18. The molecule has 4 heteroatoms. The number of carbonyl (C=O) groups is 1. The second kappa shape index (κ2) is 4.95. The lowest BCUT2D eigenvalue weighted by Gasteiger charge is -2.09. The topological polar surface area (TPSA) is 54.6 Å². The fraction of sp³-hybridized carbons (Fsp3) is 0.263. The van der Waals surface area contributed by atoms with E-state index < -0.39 is 11.4 Å². The van der Waals surface area contributed by atoms with Crippen LogP contribution < -0.4 is 0 Å². The molecule has 0 aliphatic heterocycles. The molecule has 1 aliphatic rings. The third kappa shape index (κ3) is 1.84. The first kappa shape index (κ1) is 14.0. The fourth-order valence-electron chi connectivity index (χ4n) is 4.06. The van der Waals surface area contributed by atoms with E-state index in [4.69, 9.17) is 0 Å². The van der Waals surface area contributed by atoms with Crippen molar-refractivity contribution in [3.63, 3.8) is 0 Å². The zero-order valence-electron chi connectivity index (χ0n) is 12.9. The van der Waals surface area contributed by atoms with Crippen LogP contribution in [0.2, 0.25) is 0 Å². The Morgan fingerprint density at radius 1 is 1.17 bits per heavy atom. The van der Waals surface area contributed by atoms with Gasteiger partial charge in [0.2, 0.25) is 0 Å². The van der Waals surface area contributed by atoms with Gasteiger partial charge in [-0.1, -0.05) is 43.3 Å². The normalized spacial score (nSPS) is 26.3. The molecule has 4 nitrogen and oxygen atoms in total. The van der Waals surface area contributed by atoms with Crippen molar-refractivity contribution in [3.8, 4) is 0 Å². The van der Waals surface area contributed by atoms with Gasteiger partial charge in [0.1, 0.15) is 5.65 Å². The molecular weight excluding hydrogens is 288 g/mol. The maximum atomic E-state index is 12.1. The highest BCUT2D eigenvalue weighted by atomic mass is 16.4. The van der Waals surface area contributed by atoms with Crippen molar-refractivity contribution in [2.45, 2.75) is 25.2 Å². The minimum atomic E-state index is -0.743. The van der Waals surface area contributed by atoms with E-state index in [9.17, 15) is 9.90 Å². The fourth-order valence-corrected chi connectivity index (χ4v) is 4.06. The van der Waals surface area contributed by atoms with Gasteiger partial charge in [-0.3, -0.25) is 4.79 Å². The number of pyridine rings is 1. The molecule has 2 heterocycles. The summed E-state index contributed by atoms with van der Waals surface area (Å²) < 4.78 is 2.01. The summed E-state index contributed by atoms with van der Waals surface area (Å²) in [7, 11) is 0. The molecule has 3 atom stereocenters. The van der Waals surface area contributed by atoms with Crippen molar-refractivity contribution < 1.29 is 9.90 Å². The lowest BCUT2D eigenvalue weighted by atomic mass is 9.95. The number of carboxylic acid groups (broad SMARTS) is 1. The van der Waals surface area contributed by atoms with Crippen LogP contribution >= 0.6 is 0 Å². The first-order valence-electron chi connectivity index (χ1n) is 7.90. The monoisotopic (exact) mass is 306 g/mol. The number of nitrogens with zero attached hydrogens (tertiary/aromatic N) is 2. The maximum absolute atomic E-state index is 12.1. The minimum Gasteiger partial charge on any atom is -0.481 e. The number of hydrogen-bond donors (Lipinski definition) is 1. The Labute approximate surface area is 134 Å². The number of rotatable bonds is 4.